The van der Waals surface area contributed by atoms with Crippen LogP contribution in [0.1, 0.15) is 20.3 Å². The van der Waals surface area contributed by atoms with E-state index in [1.54, 1.807) is 0 Å². The van der Waals surface area contributed by atoms with Crippen molar-refractivity contribution >= 4 is 5.82 Å². The van der Waals surface area contributed by atoms with E-state index < -0.39 is 5.69 Å². The van der Waals surface area contributed by atoms with Crippen LogP contribution in [-0.2, 0) is 7.05 Å². The maximum atomic E-state index is 11.2. The Kier molecular flexibility index (Phi) is 3.11. The molecule has 0 saturated heterocycles. The van der Waals surface area contributed by atoms with Crippen LogP contribution in [0.2, 0.25) is 0 Å². The van der Waals surface area contributed by atoms with Gasteiger partial charge in [-0.2, -0.15) is 0 Å². The molecule has 5 heteroatoms. The molecule has 0 aliphatic heterocycles. The summed E-state index contributed by atoms with van der Waals surface area (Å²) in [5.41, 5.74) is -0.706. The zero-order valence-corrected chi connectivity index (χ0v) is 8.63. The molecule has 0 aliphatic rings. The number of aromatic nitrogens is 2. The number of anilines is 1. The summed E-state index contributed by atoms with van der Waals surface area (Å²) in [7, 11) is 1.44. The van der Waals surface area contributed by atoms with E-state index in [4.69, 9.17) is 0 Å². The first-order valence-corrected chi connectivity index (χ1v) is 4.61. The third kappa shape index (κ3) is 2.25. The fourth-order valence-electron chi connectivity index (χ4n) is 1.00. The molecule has 1 aromatic heterocycles. The summed E-state index contributed by atoms with van der Waals surface area (Å²) in [4.78, 5) is 25.0. The molecule has 0 unspecified atom stereocenters. The van der Waals surface area contributed by atoms with E-state index in [1.165, 1.54) is 13.1 Å². The number of rotatable bonds is 3. The van der Waals surface area contributed by atoms with Crippen molar-refractivity contribution in [3.05, 3.63) is 26.9 Å². The zero-order valence-electron chi connectivity index (χ0n) is 8.63. The number of hydrogen-bond donors (Lipinski definition) is 2. The standard InChI is InChI=1S/C9H15N3O2/c1-4-6(2)10-7-5-8(13)12(3)9(14)11-7/h5-6,10H,4H2,1-3H3,(H,11,14)/t6-/m1/s1. The van der Waals surface area contributed by atoms with E-state index in [2.05, 4.69) is 10.3 Å². The first kappa shape index (κ1) is 10.6. The predicted octanol–water partition coefficient (Wildman–Crippen LogP) is 0.284. The third-order valence-electron chi connectivity index (χ3n) is 2.16. The fourth-order valence-corrected chi connectivity index (χ4v) is 1.00. The average Bonchev–Trinajstić information content (AvgIpc) is 2.14. The SMILES string of the molecule is CC[C@@H](C)Nc1cc(=O)n(C)c(=O)[nH]1. The third-order valence-corrected chi connectivity index (χ3v) is 2.16. The molecule has 0 aliphatic carbocycles. The lowest BCUT2D eigenvalue weighted by Gasteiger charge is -2.12. The molecule has 1 heterocycles. The van der Waals surface area contributed by atoms with Crippen molar-refractivity contribution < 1.29 is 0 Å². The van der Waals surface area contributed by atoms with E-state index in [0.717, 1.165) is 11.0 Å². The Bertz CT molecular complexity index is 388. The van der Waals surface area contributed by atoms with Gasteiger partial charge in [-0.1, -0.05) is 6.92 Å². The molecule has 0 aromatic carbocycles. The van der Waals surface area contributed by atoms with E-state index in [9.17, 15) is 9.59 Å². The molecule has 2 N–H and O–H groups in total. The first-order chi connectivity index (χ1) is 6.54. The summed E-state index contributed by atoms with van der Waals surface area (Å²) < 4.78 is 1.03. The number of hydrogen-bond acceptors (Lipinski definition) is 3. The minimum Gasteiger partial charge on any atom is -0.369 e. The van der Waals surface area contributed by atoms with Crippen LogP contribution in [0.5, 0.6) is 0 Å². The van der Waals surface area contributed by atoms with Gasteiger partial charge in [0, 0.05) is 19.2 Å². The average molecular weight is 197 g/mol. The summed E-state index contributed by atoms with van der Waals surface area (Å²) in [6.45, 7) is 4.01. The van der Waals surface area contributed by atoms with Gasteiger partial charge in [-0.3, -0.25) is 14.3 Å². The van der Waals surface area contributed by atoms with E-state index >= 15 is 0 Å². The molecule has 0 fully saturated rings. The summed E-state index contributed by atoms with van der Waals surface area (Å²) in [6, 6.07) is 1.62. The second kappa shape index (κ2) is 4.13. The van der Waals surface area contributed by atoms with Crippen molar-refractivity contribution in [1.29, 1.82) is 0 Å². The summed E-state index contributed by atoms with van der Waals surface area (Å²) in [6.07, 6.45) is 0.928. The molecular formula is C9H15N3O2. The predicted molar refractivity (Wildman–Crippen MR) is 55.7 cm³/mol. The summed E-state index contributed by atoms with van der Waals surface area (Å²) >= 11 is 0. The van der Waals surface area contributed by atoms with E-state index in [1.807, 2.05) is 13.8 Å². The quantitative estimate of drug-likeness (QED) is 0.731. The second-order valence-corrected chi connectivity index (χ2v) is 3.34. The molecule has 0 radical (unpaired) electrons. The van der Waals surface area contributed by atoms with Crippen LogP contribution >= 0.6 is 0 Å². The second-order valence-electron chi connectivity index (χ2n) is 3.34. The lowest BCUT2D eigenvalue weighted by atomic mass is 10.2. The van der Waals surface area contributed by atoms with Crippen molar-refractivity contribution in [3.63, 3.8) is 0 Å². The van der Waals surface area contributed by atoms with Crippen molar-refractivity contribution in [2.75, 3.05) is 5.32 Å². The Morgan fingerprint density at radius 1 is 1.57 bits per heavy atom. The van der Waals surface area contributed by atoms with E-state index in [-0.39, 0.29) is 11.6 Å². The number of nitrogens with one attached hydrogen (secondary N) is 2. The van der Waals surface area contributed by atoms with E-state index in [0.29, 0.717) is 5.82 Å². The highest BCUT2D eigenvalue weighted by molar-refractivity contribution is 5.32. The molecule has 1 atom stereocenters. The van der Waals surface area contributed by atoms with Crippen LogP contribution in [0, 0.1) is 0 Å². The molecular weight excluding hydrogens is 182 g/mol. The number of nitrogens with zero attached hydrogens (tertiary/aromatic N) is 1. The molecule has 5 nitrogen and oxygen atoms in total. The lowest BCUT2D eigenvalue weighted by Crippen LogP contribution is -2.33. The molecule has 0 saturated carbocycles. The lowest BCUT2D eigenvalue weighted by molar-refractivity contribution is 0.738. The Morgan fingerprint density at radius 2 is 2.21 bits per heavy atom. The fraction of sp³-hybridized carbons (Fsp3) is 0.556. The summed E-state index contributed by atoms with van der Waals surface area (Å²) in [5, 5.41) is 3.03. The monoisotopic (exact) mass is 197 g/mol. The van der Waals surface area contributed by atoms with Crippen molar-refractivity contribution in [3.8, 4) is 0 Å². The molecule has 14 heavy (non-hydrogen) atoms. The Balaban J connectivity index is 3.02. The van der Waals surface area contributed by atoms with Crippen LogP contribution in [0.3, 0.4) is 0 Å². The van der Waals surface area contributed by atoms with Gasteiger partial charge in [-0.15, -0.1) is 0 Å². The highest BCUT2D eigenvalue weighted by Gasteiger charge is 2.02. The van der Waals surface area contributed by atoms with Crippen molar-refractivity contribution in [1.82, 2.24) is 9.55 Å². The Hall–Kier alpha value is -1.52. The van der Waals surface area contributed by atoms with Crippen LogP contribution < -0.4 is 16.6 Å². The smallest absolute Gasteiger partial charge is 0.329 e. The normalized spacial score (nSPS) is 12.5. The van der Waals surface area contributed by atoms with Gasteiger partial charge in [-0.05, 0) is 13.3 Å². The molecule has 1 aromatic rings. The molecule has 0 bridgehead atoms. The minimum absolute atomic E-state index is 0.234. The largest absolute Gasteiger partial charge is 0.369 e. The summed E-state index contributed by atoms with van der Waals surface area (Å²) in [5.74, 6) is 0.479. The Labute approximate surface area is 81.8 Å². The highest BCUT2D eigenvalue weighted by Crippen LogP contribution is 1.99. The topological polar surface area (TPSA) is 66.9 Å². The molecule has 0 amide bonds. The first-order valence-electron chi connectivity index (χ1n) is 4.61. The van der Waals surface area contributed by atoms with Crippen LogP contribution in [0.15, 0.2) is 15.7 Å². The van der Waals surface area contributed by atoms with Crippen LogP contribution in [-0.4, -0.2) is 15.6 Å². The van der Waals surface area contributed by atoms with Gasteiger partial charge in [0.25, 0.3) is 5.56 Å². The number of H-pyrrole nitrogens is 1. The maximum Gasteiger partial charge on any atom is 0.329 e. The van der Waals surface area contributed by atoms with Gasteiger partial charge in [0.2, 0.25) is 0 Å². The maximum absolute atomic E-state index is 11.2. The van der Waals surface area contributed by atoms with Crippen molar-refractivity contribution in [2.24, 2.45) is 7.05 Å². The Morgan fingerprint density at radius 3 is 2.71 bits per heavy atom. The highest BCUT2D eigenvalue weighted by atomic mass is 16.2. The van der Waals surface area contributed by atoms with Crippen molar-refractivity contribution in [2.45, 2.75) is 26.3 Å². The van der Waals surface area contributed by atoms with Gasteiger partial charge in [0.1, 0.15) is 5.82 Å². The van der Waals surface area contributed by atoms with Crippen LogP contribution in [0.4, 0.5) is 5.82 Å². The zero-order chi connectivity index (χ0) is 10.7. The molecule has 78 valence electrons. The number of aromatic amines is 1. The minimum atomic E-state index is -0.400. The van der Waals surface area contributed by atoms with Gasteiger partial charge < -0.3 is 5.32 Å². The van der Waals surface area contributed by atoms with Gasteiger partial charge in [-0.25, -0.2) is 4.79 Å². The van der Waals surface area contributed by atoms with Gasteiger partial charge in [0.15, 0.2) is 0 Å². The van der Waals surface area contributed by atoms with Crippen LogP contribution in [0.25, 0.3) is 0 Å². The molecule has 0 spiro atoms. The van der Waals surface area contributed by atoms with Gasteiger partial charge in [0.05, 0.1) is 0 Å². The molecule has 1 rings (SSSR count). The van der Waals surface area contributed by atoms with Gasteiger partial charge >= 0.3 is 5.69 Å².